The topological polar surface area (TPSA) is 118 Å². The van der Waals surface area contributed by atoms with E-state index in [1.54, 1.807) is 0 Å². The third-order valence-electron chi connectivity index (χ3n) is 2.39. The van der Waals surface area contributed by atoms with Crippen molar-refractivity contribution in [3.8, 4) is 0 Å². The second kappa shape index (κ2) is 6.26. The Labute approximate surface area is 106 Å². The molecule has 0 aromatic rings. The van der Waals surface area contributed by atoms with Crippen LogP contribution in [0.2, 0.25) is 0 Å². The van der Waals surface area contributed by atoms with Gasteiger partial charge in [0.15, 0.2) is 5.78 Å². The molecular formula is C10H18O7S. The molecule has 0 heterocycles. The van der Waals surface area contributed by atoms with E-state index in [1.807, 2.05) is 6.92 Å². The van der Waals surface area contributed by atoms with E-state index in [4.69, 9.17) is 4.55 Å². The van der Waals surface area contributed by atoms with E-state index in [1.165, 1.54) is 0 Å². The Hall–Kier alpha value is -0.990. The smallest absolute Gasteiger partial charge is 0.347 e. The number of ether oxygens (including phenoxy) is 1. The predicted octanol–water partition coefficient (Wildman–Crippen LogP) is 0.274. The van der Waals surface area contributed by atoms with Crippen molar-refractivity contribution in [1.29, 1.82) is 0 Å². The summed E-state index contributed by atoms with van der Waals surface area (Å²) in [5, 5.41) is 9.69. The second-order valence-electron chi connectivity index (χ2n) is 4.09. The number of rotatable bonds is 7. The van der Waals surface area contributed by atoms with Crippen LogP contribution < -0.4 is 0 Å². The highest BCUT2D eigenvalue weighted by Gasteiger charge is 2.41. The summed E-state index contributed by atoms with van der Waals surface area (Å²) in [6.07, 6.45) is 1.19. The molecule has 0 amide bonds. The van der Waals surface area contributed by atoms with Crippen LogP contribution in [0, 0.1) is 0 Å². The van der Waals surface area contributed by atoms with Crippen molar-refractivity contribution in [1.82, 2.24) is 0 Å². The van der Waals surface area contributed by atoms with Crippen LogP contribution >= 0.6 is 0 Å². The first-order chi connectivity index (χ1) is 8.03. The van der Waals surface area contributed by atoms with Gasteiger partial charge < -0.3 is 9.84 Å². The summed E-state index contributed by atoms with van der Waals surface area (Å²) in [6.45, 7) is 3.69. The van der Waals surface area contributed by atoms with Crippen LogP contribution in [0.3, 0.4) is 0 Å². The van der Waals surface area contributed by atoms with Gasteiger partial charge in [-0.15, -0.1) is 0 Å². The van der Waals surface area contributed by atoms with Crippen LogP contribution in [-0.2, 0) is 24.4 Å². The van der Waals surface area contributed by atoms with Crippen molar-refractivity contribution in [3.63, 3.8) is 0 Å². The lowest BCUT2D eigenvalue weighted by molar-refractivity contribution is -0.170. The SMILES string of the molecule is CCCCC(=O)C(C)(O)C(=O)OC(C)S(=O)(=O)O. The fourth-order valence-corrected chi connectivity index (χ4v) is 1.23. The van der Waals surface area contributed by atoms with Crippen LogP contribution in [0.5, 0.6) is 0 Å². The summed E-state index contributed by atoms with van der Waals surface area (Å²) >= 11 is 0. The Balaban J connectivity index is 4.71. The minimum atomic E-state index is -4.57. The van der Waals surface area contributed by atoms with Crippen molar-refractivity contribution in [2.24, 2.45) is 0 Å². The van der Waals surface area contributed by atoms with E-state index in [-0.39, 0.29) is 6.42 Å². The van der Waals surface area contributed by atoms with Crippen molar-refractivity contribution in [2.75, 3.05) is 0 Å². The van der Waals surface area contributed by atoms with Gasteiger partial charge in [-0.1, -0.05) is 13.3 Å². The molecule has 18 heavy (non-hydrogen) atoms. The van der Waals surface area contributed by atoms with E-state index in [9.17, 15) is 23.1 Å². The maximum Gasteiger partial charge on any atom is 0.347 e. The maximum atomic E-state index is 11.5. The van der Waals surface area contributed by atoms with Crippen molar-refractivity contribution in [2.45, 2.75) is 51.1 Å². The molecule has 0 rings (SSSR count). The Morgan fingerprint density at radius 1 is 1.39 bits per heavy atom. The average Bonchev–Trinajstić information content (AvgIpc) is 2.23. The van der Waals surface area contributed by atoms with Crippen LogP contribution in [0.4, 0.5) is 0 Å². The van der Waals surface area contributed by atoms with Crippen molar-refractivity contribution >= 4 is 21.9 Å². The Morgan fingerprint density at radius 2 is 1.89 bits per heavy atom. The van der Waals surface area contributed by atoms with Gasteiger partial charge in [-0.05, 0) is 20.3 Å². The normalized spacial score (nSPS) is 16.7. The summed E-state index contributed by atoms with van der Waals surface area (Å²) < 4.78 is 34.2. The lowest BCUT2D eigenvalue weighted by atomic mass is 9.97. The monoisotopic (exact) mass is 282 g/mol. The van der Waals surface area contributed by atoms with Crippen molar-refractivity contribution in [3.05, 3.63) is 0 Å². The van der Waals surface area contributed by atoms with Gasteiger partial charge in [-0.2, -0.15) is 8.42 Å². The average molecular weight is 282 g/mol. The third-order valence-corrected chi connectivity index (χ3v) is 3.33. The number of carbonyl (C=O) groups excluding carboxylic acids is 2. The molecule has 8 heteroatoms. The highest BCUT2D eigenvalue weighted by molar-refractivity contribution is 7.86. The summed E-state index contributed by atoms with van der Waals surface area (Å²) in [5.41, 5.74) is -4.25. The number of esters is 1. The van der Waals surface area contributed by atoms with Gasteiger partial charge in [0.1, 0.15) is 0 Å². The zero-order chi connectivity index (χ0) is 14.6. The van der Waals surface area contributed by atoms with E-state index >= 15 is 0 Å². The lowest BCUT2D eigenvalue weighted by Crippen LogP contribution is -2.46. The van der Waals surface area contributed by atoms with Gasteiger partial charge in [0.25, 0.3) is 0 Å². The number of hydrogen-bond acceptors (Lipinski definition) is 6. The fourth-order valence-electron chi connectivity index (χ4n) is 1.02. The summed E-state index contributed by atoms with van der Waals surface area (Å²) in [4.78, 5) is 23.0. The van der Waals surface area contributed by atoms with E-state index in [2.05, 4.69) is 4.74 Å². The highest BCUT2D eigenvalue weighted by Crippen LogP contribution is 2.15. The van der Waals surface area contributed by atoms with Crippen LogP contribution in [0.25, 0.3) is 0 Å². The molecule has 106 valence electrons. The summed E-state index contributed by atoms with van der Waals surface area (Å²) in [5.74, 6) is -2.15. The Morgan fingerprint density at radius 3 is 2.28 bits per heavy atom. The van der Waals surface area contributed by atoms with E-state index in [0.717, 1.165) is 13.8 Å². The van der Waals surface area contributed by atoms with Gasteiger partial charge in [-0.3, -0.25) is 9.35 Å². The summed E-state index contributed by atoms with van der Waals surface area (Å²) in [7, 11) is -4.57. The fraction of sp³-hybridized carbons (Fsp3) is 0.800. The molecule has 0 aromatic heterocycles. The van der Waals surface area contributed by atoms with Gasteiger partial charge in [0, 0.05) is 6.42 Å². The van der Waals surface area contributed by atoms with Crippen LogP contribution in [0.1, 0.15) is 40.0 Å². The van der Waals surface area contributed by atoms with Crippen LogP contribution in [-0.4, -0.2) is 40.9 Å². The molecule has 0 aliphatic heterocycles. The van der Waals surface area contributed by atoms with Crippen molar-refractivity contribution < 1.29 is 32.4 Å². The number of Topliss-reactive ketones (excluding diaryl/α,β-unsaturated/α-hetero) is 1. The molecule has 7 nitrogen and oxygen atoms in total. The zero-order valence-corrected chi connectivity index (χ0v) is 11.4. The molecule has 0 radical (unpaired) electrons. The minimum absolute atomic E-state index is 0.0150. The van der Waals surface area contributed by atoms with E-state index in [0.29, 0.717) is 12.8 Å². The molecule has 0 spiro atoms. The predicted molar refractivity (Wildman–Crippen MR) is 62.3 cm³/mol. The first kappa shape index (κ1) is 17.0. The molecule has 0 saturated carbocycles. The quantitative estimate of drug-likeness (QED) is 0.391. The lowest BCUT2D eigenvalue weighted by Gasteiger charge is -2.21. The molecule has 0 aliphatic carbocycles. The number of aliphatic hydroxyl groups is 1. The molecule has 0 fully saturated rings. The molecule has 0 aliphatic rings. The first-order valence-electron chi connectivity index (χ1n) is 5.46. The first-order valence-corrected chi connectivity index (χ1v) is 6.96. The Kier molecular flexibility index (Phi) is 5.91. The molecule has 0 aromatic carbocycles. The molecule has 2 unspecified atom stereocenters. The zero-order valence-electron chi connectivity index (χ0n) is 10.5. The molecule has 0 saturated heterocycles. The standard InChI is InChI=1S/C10H18O7S/c1-4-5-6-8(11)10(3,13)9(12)17-7(2)18(14,15)16/h7,13H,4-6H2,1-3H3,(H,14,15,16). The third kappa shape index (κ3) is 4.71. The maximum absolute atomic E-state index is 11.5. The second-order valence-corrected chi connectivity index (χ2v) is 5.78. The molecule has 2 atom stereocenters. The van der Waals surface area contributed by atoms with Gasteiger partial charge in [-0.25, -0.2) is 4.79 Å². The highest BCUT2D eigenvalue weighted by atomic mass is 32.2. The van der Waals surface area contributed by atoms with Crippen LogP contribution in [0.15, 0.2) is 0 Å². The van der Waals surface area contributed by atoms with E-state index < -0.39 is 32.9 Å². The Bertz CT molecular complexity index is 410. The molecule has 2 N–H and O–H groups in total. The number of unbranched alkanes of at least 4 members (excludes halogenated alkanes) is 1. The summed E-state index contributed by atoms with van der Waals surface area (Å²) in [6, 6.07) is 0. The molecular weight excluding hydrogens is 264 g/mol. The number of carbonyl (C=O) groups is 2. The van der Waals surface area contributed by atoms with Gasteiger partial charge in [0.05, 0.1) is 0 Å². The minimum Gasteiger partial charge on any atom is -0.441 e. The van der Waals surface area contributed by atoms with Gasteiger partial charge in [0.2, 0.25) is 11.0 Å². The number of hydrogen-bond donors (Lipinski definition) is 2. The largest absolute Gasteiger partial charge is 0.441 e. The molecule has 0 bridgehead atoms. The number of ketones is 1. The van der Waals surface area contributed by atoms with Gasteiger partial charge >= 0.3 is 16.1 Å².